The predicted octanol–water partition coefficient (Wildman–Crippen LogP) is 4.40. The highest BCUT2D eigenvalue weighted by molar-refractivity contribution is 6.31. The number of unbranched alkanes of at least 4 members (excludes halogenated alkanes) is 2. The van der Waals surface area contributed by atoms with Crippen molar-refractivity contribution in [3.63, 3.8) is 0 Å². The minimum Gasteiger partial charge on any atom is -0.508 e. The molecular weight excluding hydrogens is 336 g/mol. The molecule has 0 saturated carbocycles. The molecule has 0 heterocycles. The standard InChI is InChI=1S/C21H29ClO3/c1-2-3-4-5-14(23)6-7-15-16-12-17-18(10-13(16)11-21(15)25)20(24)9-8-19(17)22/h8-9,11,14-16,21,23-25H,2-7,10,12H2,1H3/t14-,15+,16-,21+/m0/s1. The molecule has 0 unspecified atom stereocenters. The summed E-state index contributed by atoms with van der Waals surface area (Å²) in [7, 11) is 0. The van der Waals surface area contributed by atoms with Crippen LogP contribution in [0.3, 0.4) is 0 Å². The number of hydrogen-bond donors (Lipinski definition) is 3. The van der Waals surface area contributed by atoms with E-state index >= 15 is 0 Å². The monoisotopic (exact) mass is 364 g/mol. The van der Waals surface area contributed by atoms with Gasteiger partial charge in [0.05, 0.1) is 12.2 Å². The summed E-state index contributed by atoms with van der Waals surface area (Å²) in [6, 6.07) is 3.40. The summed E-state index contributed by atoms with van der Waals surface area (Å²) in [6.07, 6.45) is 8.47. The Hall–Kier alpha value is -1.03. The number of hydrogen-bond acceptors (Lipinski definition) is 3. The fourth-order valence-corrected chi connectivity index (χ4v) is 4.73. The Morgan fingerprint density at radius 3 is 2.76 bits per heavy atom. The first kappa shape index (κ1) is 18.8. The third-order valence-electron chi connectivity index (χ3n) is 5.94. The van der Waals surface area contributed by atoms with Gasteiger partial charge in [-0.1, -0.05) is 49.4 Å². The van der Waals surface area contributed by atoms with Gasteiger partial charge in [-0.05, 0) is 61.6 Å². The number of fused-ring (bicyclic) bond motifs is 2. The maximum atomic E-state index is 10.5. The van der Waals surface area contributed by atoms with Crippen LogP contribution in [-0.4, -0.2) is 27.5 Å². The molecule has 4 atom stereocenters. The normalized spacial score (nSPS) is 26.1. The molecule has 0 aliphatic heterocycles. The number of phenols is 1. The van der Waals surface area contributed by atoms with Crippen molar-refractivity contribution in [3.8, 4) is 5.75 Å². The van der Waals surface area contributed by atoms with Gasteiger partial charge >= 0.3 is 0 Å². The number of rotatable bonds is 7. The second kappa shape index (κ2) is 8.11. The summed E-state index contributed by atoms with van der Waals surface area (Å²) in [5.74, 6) is 0.704. The number of aliphatic hydroxyl groups excluding tert-OH is 2. The van der Waals surface area contributed by atoms with Crippen molar-refractivity contribution in [1.82, 2.24) is 0 Å². The fourth-order valence-electron chi connectivity index (χ4n) is 4.48. The minimum absolute atomic E-state index is 0.141. The van der Waals surface area contributed by atoms with Gasteiger partial charge in [-0.2, -0.15) is 0 Å². The summed E-state index contributed by atoms with van der Waals surface area (Å²) in [5, 5.41) is 31.5. The number of allylic oxidation sites excluding steroid dienone is 1. The van der Waals surface area contributed by atoms with Gasteiger partial charge in [0.2, 0.25) is 0 Å². The third-order valence-corrected chi connectivity index (χ3v) is 6.30. The molecule has 0 saturated heterocycles. The van der Waals surface area contributed by atoms with Crippen molar-refractivity contribution in [3.05, 3.63) is 39.9 Å². The Morgan fingerprint density at radius 2 is 2.00 bits per heavy atom. The molecule has 2 aliphatic rings. The van der Waals surface area contributed by atoms with E-state index in [2.05, 4.69) is 6.92 Å². The molecular formula is C21H29ClO3. The highest BCUT2D eigenvalue weighted by Crippen LogP contribution is 2.46. The summed E-state index contributed by atoms with van der Waals surface area (Å²) >= 11 is 6.35. The Morgan fingerprint density at radius 1 is 1.20 bits per heavy atom. The molecule has 0 radical (unpaired) electrons. The largest absolute Gasteiger partial charge is 0.508 e. The number of halogens is 1. The summed E-state index contributed by atoms with van der Waals surface area (Å²) < 4.78 is 0. The van der Waals surface area contributed by atoms with Crippen LogP contribution in [0.15, 0.2) is 23.8 Å². The fraction of sp³-hybridized carbons (Fsp3) is 0.619. The van der Waals surface area contributed by atoms with Crippen LogP contribution in [0.4, 0.5) is 0 Å². The second-order valence-corrected chi connectivity index (χ2v) is 8.04. The number of phenolic OH excluding ortho intramolecular Hbond substituents is 1. The van der Waals surface area contributed by atoms with Crippen LogP contribution < -0.4 is 0 Å². The van der Waals surface area contributed by atoms with E-state index in [1.54, 1.807) is 12.1 Å². The summed E-state index contributed by atoms with van der Waals surface area (Å²) in [5.41, 5.74) is 3.14. The van der Waals surface area contributed by atoms with Crippen LogP contribution >= 0.6 is 11.6 Å². The lowest BCUT2D eigenvalue weighted by Gasteiger charge is -2.31. The van der Waals surface area contributed by atoms with Gasteiger partial charge in [-0.3, -0.25) is 0 Å². The van der Waals surface area contributed by atoms with Crippen LogP contribution in [0.2, 0.25) is 5.02 Å². The molecule has 0 amide bonds. The first-order chi connectivity index (χ1) is 12.0. The third kappa shape index (κ3) is 4.05. The maximum absolute atomic E-state index is 10.5. The zero-order chi connectivity index (χ0) is 18.0. The SMILES string of the molecule is CCCCC[C@H](O)CC[C@H]1[C@H](O)C=C2Cc3c(O)ccc(Cl)c3C[C@@H]21. The van der Waals surface area contributed by atoms with E-state index in [0.29, 0.717) is 17.2 Å². The predicted molar refractivity (Wildman–Crippen MR) is 101 cm³/mol. The van der Waals surface area contributed by atoms with Crippen molar-refractivity contribution in [2.24, 2.45) is 11.8 Å². The molecule has 4 heteroatoms. The zero-order valence-corrected chi connectivity index (χ0v) is 15.7. The van der Waals surface area contributed by atoms with Gasteiger partial charge in [-0.25, -0.2) is 0 Å². The smallest absolute Gasteiger partial charge is 0.119 e. The quantitative estimate of drug-likeness (QED) is 0.496. The van der Waals surface area contributed by atoms with E-state index in [9.17, 15) is 15.3 Å². The highest BCUT2D eigenvalue weighted by atomic mass is 35.5. The molecule has 2 aliphatic carbocycles. The van der Waals surface area contributed by atoms with Crippen LogP contribution in [-0.2, 0) is 12.8 Å². The lowest BCUT2D eigenvalue weighted by Crippen LogP contribution is -2.27. The van der Waals surface area contributed by atoms with Gasteiger partial charge in [0.15, 0.2) is 0 Å². The first-order valence-electron chi connectivity index (χ1n) is 9.57. The summed E-state index contributed by atoms with van der Waals surface area (Å²) in [6.45, 7) is 2.16. The number of benzene rings is 1. The Balaban J connectivity index is 1.65. The minimum atomic E-state index is -0.460. The van der Waals surface area contributed by atoms with Crippen molar-refractivity contribution < 1.29 is 15.3 Å². The average Bonchev–Trinajstić information content (AvgIpc) is 2.90. The van der Waals surface area contributed by atoms with Crippen molar-refractivity contribution in [2.75, 3.05) is 0 Å². The van der Waals surface area contributed by atoms with Crippen molar-refractivity contribution in [1.29, 1.82) is 0 Å². The molecule has 3 N–H and O–H groups in total. The molecule has 0 fully saturated rings. The van der Waals surface area contributed by atoms with Gasteiger partial charge in [-0.15, -0.1) is 0 Å². The molecule has 1 aromatic rings. The van der Waals surface area contributed by atoms with E-state index in [4.69, 9.17) is 11.6 Å². The molecule has 0 bridgehead atoms. The van der Waals surface area contributed by atoms with E-state index in [0.717, 1.165) is 56.1 Å². The molecule has 1 aromatic carbocycles. The zero-order valence-electron chi connectivity index (χ0n) is 14.9. The average molecular weight is 365 g/mol. The van der Waals surface area contributed by atoms with E-state index in [1.807, 2.05) is 6.08 Å². The van der Waals surface area contributed by atoms with Crippen molar-refractivity contribution in [2.45, 2.75) is 70.5 Å². The lowest BCUT2D eigenvalue weighted by molar-refractivity contribution is 0.0992. The van der Waals surface area contributed by atoms with Crippen molar-refractivity contribution >= 4 is 11.6 Å². The van der Waals surface area contributed by atoms with Crippen LogP contribution in [0, 0.1) is 11.8 Å². The molecule has 138 valence electrons. The van der Waals surface area contributed by atoms with Gasteiger partial charge in [0, 0.05) is 10.6 Å². The molecule has 3 nitrogen and oxygen atoms in total. The van der Waals surface area contributed by atoms with E-state index in [-0.39, 0.29) is 17.9 Å². The van der Waals surface area contributed by atoms with E-state index in [1.165, 1.54) is 5.57 Å². The molecule has 0 aromatic heterocycles. The second-order valence-electron chi connectivity index (χ2n) is 7.63. The first-order valence-corrected chi connectivity index (χ1v) is 9.95. The molecule has 25 heavy (non-hydrogen) atoms. The van der Waals surface area contributed by atoms with Crippen LogP contribution in [0.1, 0.15) is 56.6 Å². The highest BCUT2D eigenvalue weighted by Gasteiger charge is 2.39. The summed E-state index contributed by atoms with van der Waals surface area (Å²) in [4.78, 5) is 0. The van der Waals surface area contributed by atoms with Crippen LogP contribution in [0.5, 0.6) is 5.75 Å². The van der Waals surface area contributed by atoms with Gasteiger partial charge in [0.25, 0.3) is 0 Å². The Bertz CT molecular complexity index is 640. The van der Waals surface area contributed by atoms with Crippen LogP contribution in [0.25, 0.3) is 0 Å². The molecule has 0 spiro atoms. The Labute approximate surface area is 155 Å². The Kier molecular flexibility index (Phi) is 6.08. The lowest BCUT2D eigenvalue weighted by atomic mass is 9.75. The molecule has 3 rings (SSSR count). The maximum Gasteiger partial charge on any atom is 0.119 e. The number of aromatic hydroxyl groups is 1. The topological polar surface area (TPSA) is 60.7 Å². The van der Waals surface area contributed by atoms with E-state index < -0.39 is 6.10 Å². The van der Waals surface area contributed by atoms with Gasteiger partial charge < -0.3 is 15.3 Å². The van der Waals surface area contributed by atoms with Gasteiger partial charge in [0.1, 0.15) is 5.75 Å². The number of aliphatic hydroxyl groups is 2.